The highest BCUT2D eigenvalue weighted by Crippen LogP contribution is 2.15. The van der Waals surface area contributed by atoms with Crippen LogP contribution in [0.1, 0.15) is 12.5 Å². The molecule has 3 nitrogen and oxygen atoms in total. The van der Waals surface area contributed by atoms with Gasteiger partial charge >= 0.3 is 5.97 Å². The summed E-state index contributed by atoms with van der Waals surface area (Å²) in [5, 5.41) is 5.57. The maximum Gasteiger partial charge on any atom is 0.322 e. The van der Waals surface area contributed by atoms with E-state index in [-0.39, 0.29) is 12.0 Å². The van der Waals surface area contributed by atoms with Gasteiger partial charge in [-0.25, -0.2) is 0 Å². The summed E-state index contributed by atoms with van der Waals surface area (Å²) in [4.78, 5) is 11.3. The smallest absolute Gasteiger partial charge is 0.322 e. The lowest BCUT2D eigenvalue weighted by molar-refractivity contribution is -0.142. The van der Waals surface area contributed by atoms with Crippen molar-refractivity contribution in [2.75, 3.05) is 7.11 Å². The quantitative estimate of drug-likeness (QED) is 0.838. The van der Waals surface area contributed by atoms with Gasteiger partial charge in [-0.15, -0.1) is 0 Å². The average Bonchev–Trinajstić information content (AvgIpc) is 2.43. The SMILES string of the molecule is COC(=O)[C@H](C)NCc1ccc2ccccc2c1. The first-order valence-electron chi connectivity index (χ1n) is 5.99. The van der Waals surface area contributed by atoms with Crippen LogP contribution in [-0.2, 0) is 16.1 Å². The molecule has 0 bridgehead atoms. The third-order valence-electron chi connectivity index (χ3n) is 2.98. The van der Waals surface area contributed by atoms with Gasteiger partial charge in [-0.05, 0) is 29.3 Å². The van der Waals surface area contributed by atoms with Crippen LogP contribution in [0.15, 0.2) is 42.5 Å². The van der Waals surface area contributed by atoms with E-state index in [1.54, 1.807) is 6.92 Å². The lowest BCUT2D eigenvalue weighted by Gasteiger charge is -2.11. The van der Waals surface area contributed by atoms with E-state index >= 15 is 0 Å². The normalized spacial score (nSPS) is 12.3. The first-order valence-corrected chi connectivity index (χ1v) is 5.99. The van der Waals surface area contributed by atoms with Gasteiger partial charge in [-0.3, -0.25) is 4.79 Å². The number of fused-ring (bicyclic) bond motifs is 1. The molecule has 0 fully saturated rings. The van der Waals surface area contributed by atoms with Gasteiger partial charge in [0.2, 0.25) is 0 Å². The summed E-state index contributed by atoms with van der Waals surface area (Å²) in [5.41, 5.74) is 1.16. The van der Waals surface area contributed by atoms with Crippen LogP contribution in [0.2, 0.25) is 0 Å². The minimum atomic E-state index is -0.290. The molecular formula is C15H17NO2. The van der Waals surface area contributed by atoms with Crippen molar-refractivity contribution in [2.24, 2.45) is 0 Å². The molecule has 2 rings (SSSR count). The van der Waals surface area contributed by atoms with Gasteiger partial charge in [0.1, 0.15) is 6.04 Å². The monoisotopic (exact) mass is 243 g/mol. The molecule has 1 N–H and O–H groups in total. The molecule has 0 heterocycles. The highest BCUT2D eigenvalue weighted by Gasteiger charge is 2.11. The molecule has 0 spiro atoms. The number of methoxy groups -OCH3 is 1. The Morgan fingerprint density at radius 1 is 1.22 bits per heavy atom. The van der Waals surface area contributed by atoms with E-state index in [9.17, 15) is 4.79 Å². The zero-order valence-corrected chi connectivity index (χ0v) is 10.6. The minimum Gasteiger partial charge on any atom is -0.468 e. The molecule has 0 aliphatic carbocycles. The fraction of sp³-hybridized carbons (Fsp3) is 0.267. The van der Waals surface area contributed by atoms with Crippen LogP contribution < -0.4 is 5.32 Å². The molecule has 1 atom stereocenters. The van der Waals surface area contributed by atoms with E-state index in [0.29, 0.717) is 6.54 Å². The van der Waals surface area contributed by atoms with Crippen LogP contribution in [0, 0.1) is 0 Å². The lowest BCUT2D eigenvalue weighted by Crippen LogP contribution is -2.34. The third kappa shape index (κ3) is 2.87. The molecule has 2 aromatic carbocycles. The molecular weight excluding hydrogens is 226 g/mol. The van der Waals surface area contributed by atoms with Crippen molar-refractivity contribution in [3.05, 3.63) is 48.0 Å². The van der Waals surface area contributed by atoms with Gasteiger partial charge in [0.25, 0.3) is 0 Å². The summed E-state index contributed by atoms with van der Waals surface area (Å²) in [6.45, 7) is 2.45. The highest BCUT2D eigenvalue weighted by molar-refractivity contribution is 5.83. The molecule has 3 heteroatoms. The third-order valence-corrected chi connectivity index (χ3v) is 2.98. The minimum absolute atomic E-state index is 0.240. The average molecular weight is 243 g/mol. The lowest BCUT2D eigenvalue weighted by atomic mass is 10.1. The van der Waals surface area contributed by atoms with E-state index in [1.807, 2.05) is 12.1 Å². The summed E-state index contributed by atoms with van der Waals surface area (Å²) < 4.78 is 4.67. The van der Waals surface area contributed by atoms with E-state index in [0.717, 1.165) is 5.56 Å². The Labute approximate surface area is 107 Å². The number of ether oxygens (including phenoxy) is 1. The summed E-state index contributed by atoms with van der Waals surface area (Å²) in [6.07, 6.45) is 0. The Morgan fingerprint density at radius 3 is 2.67 bits per heavy atom. The maximum absolute atomic E-state index is 11.3. The molecule has 0 aliphatic rings. The van der Waals surface area contributed by atoms with Crippen molar-refractivity contribution in [1.29, 1.82) is 0 Å². The zero-order valence-electron chi connectivity index (χ0n) is 10.6. The van der Waals surface area contributed by atoms with Gasteiger partial charge < -0.3 is 10.1 Å². The fourth-order valence-electron chi connectivity index (χ4n) is 1.88. The molecule has 0 amide bonds. The van der Waals surface area contributed by atoms with Gasteiger partial charge in [-0.1, -0.05) is 36.4 Å². The predicted octanol–water partition coefficient (Wildman–Crippen LogP) is 2.49. The Morgan fingerprint density at radius 2 is 1.94 bits per heavy atom. The summed E-state index contributed by atoms with van der Waals surface area (Å²) in [5.74, 6) is -0.240. The van der Waals surface area contributed by atoms with Crippen LogP contribution in [0.4, 0.5) is 0 Å². The van der Waals surface area contributed by atoms with Crippen LogP contribution in [0.25, 0.3) is 10.8 Å². The summed E-state index contributed by atoms with van der Waals surface area (Å²) >= 11 is 0. The van der Waals surface area contributed by atoms with Crippen LogP contribution in [0.3, 0.4) is 0 Å². The standard InChI is InChI=1S/C15H17NO2/c1-11(15(17)18-2)16-10-12-7-8-13-5-3-4-6-14(13)9-12/h3-9,11,16H,10H2,1-2H3/t11-/m0/s1. The van der Waals surface area contributed by atoms with Crippen molar-refractivity contribution in [2.45, 2.75) is 19.5 Å². The van der Waals surface area contributed by atoms with Gasteiger partial charge in [0, 0.05) is 6.54 Å². The molecule has 0 aromatic heterocycles. The molecule has 18 heavy (non-hydrogen) atoms. The maximum atomic E-state index is 11.3. The first-order chi connectivity index (χ1) is 8.70. The van der Waals surface area contributed by atoms with Crippen molar-refractivity contribution in [1.82, 2.24) is 5.32 Å². The van der Waals surface area contributed by atoms with Crippen molar-refractivity contribution < 1.29 is 9.53 Å². The number of carbonyl (C=O) groups excluding carboxylic acids is 1. The Hall–Kier alpha value is -1.87. The molecule has 0 unspecified atom stereocenters. The molecule has 94 valence electrons. The van der Waals surface area contributed by atoms with Crippen molar-refractivity contribution in [3.63, 3.8) is 0 Å². The largest absolute Gasteiger partial charge is 0.468 e. The number of esters is 1. The zero-order chi connectivity index (χ0) is 13.0. The van der Waals surface area contributed by atoms with Crippen LogP contribution >= 0.6 is 0 Å². The Bertz CT molecular complexity index is 551. The highest BCUT2D eigenvalue weighted by atomic mass is 16.5. The van der Waals surface area contributed by atoms with E-state index in [1.165, 1.54) is 17.9 Å². The molecule has 2 aromatic rings. The summed E-state index contributed by atoms with van der Waals surface area (Å²) in [6, 6.07) is 14.2. The molecule has 0 aliphatic heterocycles. The Balaban J connectivity index is 2.06. The second-order valence-corrected chi connectivity index (χ2v) is 4.31. The number of hydrogen-bond acceptors (Lipinski definition) is 3. The van der Waals surface area contributed by atoms with E-state index in [2.05, 4.69) is 40.4 Å². The number of benzene rings is 2. The first kappa shape index (κ1) is 12.6. The van der Waals surface area contributed by atoms with Crippen LogP contribution in [-0.4, -0.2) is 19.1 Å². The molecule has 0 radical (unpaired) electrons. The topological polar surface area (TPSA) is 38.3 Å². The molecule has 0 saturated heterocycles. The number of rotatable bonds is 4. The van der Waals surface area contributed by atoms with Gasteiger partial charge in [0.05, 0.1) is 7.11 Å². The number of carbonyl (C=O) groups is 1. The fourth-order valence-corrected chi connectivity index (χ4v) is 1.88. The van der Waals surface area contributed by atoms with Crippen LogP contribution in [0.5, 0.6) is 0 Å². The van der Waals surface area contributed by atoms with Crippen molar-refractivity contribution in [3.8, 4) is 0 Å². The molecule has 0 saturated carbocycles. The Kier molecular flexibility index (Phi) is 3.95. The van der Waals surface area contributed by atoms with Crippen molar-refractivity contribution >= 4 is 16.7 Å². The second kappa shape index (κ2) is 5.65. The number of hydrogen-bond donors (Lipinski definition) is 1. The van der Waals surface area contributed by atoms with E-state index in [4.69, 9.17) is 0 Å². The van der Waals surface area contributed by atoms with Gasteiger partial charge in [0.15, 0.2) is 0 Å². The van der Waals surface area contributed by atoms with Gasteiger partial charge in [-0.2, -0.15) is 0 Å². The second-order valence-electron chi connectivity index (χ2n) is 4.31. The predicted molar refractivity (Wildman–Crippen MR) is 72.3 cm³/mol. The summed E-state index contributed by atoms with van der Waals surface area (Å²) in [7, 11) is 1.40. The number of nitrogens with one attached hydrogen (secondary N) is 1. The van der Waals surface area contributed by atoms with E-state index < -0.39 is 0 Å².